The van der Waals surface area contributed by atoms with Gasteiger partial charge in [0.25, 0.3) is 5.56 Å². The van der Waals surface area contributed by atoms with Gasteiger partial charge in [-0.05, 0) is 0 Å². The highest BCUT2D eigenvalue weighted by Gasteiger charge is 2.06. The molecule has 0 aliphatic heterocycles. The summed E-state index contributed by atoms with van der Waals surface area (Å²) in [5.41, 5.74) is 0.830. The minimum Gasteiger partial charge on any atom is -0.308 e. The molecule has 2 aromatic rings. The Morgan fingerprint density at radius 2 is 2.46 bits per heavy atom. The zero-order valence-electron chi connectivity index (χ0n) is 6.91. The van der Waals surface area contributed by atoms with Gasteiger partial charge in [-0.3, -0.25) is 9.48 Å². The van der Waals surface area contributed by atoms with Crippen LogP contribution in [0.15, 0.2) is 11.0 Å². The van der Waals surface area contributed by atoms with Gasteiger partial charge in [0.05, 0.1) is 12.1 Å². The summed E-state index contributed by atoms with van der Waals surface area (Å²) in [4.78, 5) is 18.1. The van der Waals surface area contributed by atoms with Gasteiger partial charge in [0.2, 0.25) is 0 Å². The maximum Gasteiger partial charge on any atom is 0.277 e. The van der Waals surface area contributed by atoms with Gasteiger partial charge in [0.1, 0.15) is 11.3 Å². The molecule has 0 atom stereocenters. The van der Waals surface area contributed by atoms with Crippen molar-refractivity contribution < 1.29 is 0 Å². The number of H-pyrrole nitrogens is 1. The molecule has 2 aromatic heterocycles. The predicted octanol–water partition coefficient (Wildman–Crippen LogP) is 0.395. The Morgan fingerprint density at radius 1 is 1.69 bits per heavy atom. The molecule has 0 aliphatic carbocycles. The van der Waals surface area contributed by atoms with Gasteiger partial charge in [0, 0.05) is 7.05 Å². The minimum atomic E-state index is -0.208. The molecule has 0 fully saturated rings. The van der Waals surface area contributed by atoms with E-state index in [2.05, 4.69) is 15.1 Å². The fourth-order valence-corrected chi connectivity index (χ4v) is 1.32. The molecule has 2 rings (SSSR count). The molecule has 0 radical (unpaired) electrons. The summed E-state index contributed by atoms with van der Waals surface area (Å²) in [6.45, 7) is 0. The van der Waals surface area contributed by atoms with E-state index in [4.69, 9.17) is 11.6 Å². The normalized spacial score (nSPS) is 10.9. The second-order valence-electron chi connectivity index (χ2n) is 2.65. The summed E-state index contributed by atoms with van der Waals surface area (Å²) in [6.07, 6.45) is 1.54. The van der Waals surface area contributed by atoms with Crippen LogP contribution >= 0.6 is 11.6 Å². The van der Waals surface area contributed by atoms with E-state index >= 15 is 0 Å². The third kappa shape index (κ3) is 1.21. The van der Waals surface area contributed by atoms with Crippen LogP contribution in [0.2, 0.25) is 0 Å². The average Bonchev–Trinajstić information content (AvgIpc) is 2.48. The van der Waals surface area contributed by atoms with E-state index in [1.807, 2.05) is 0 Å². The van der Waals surface area contributed by atoms with Crippen molar-refractivity contribution >= 4 is 22.6 Å². The second kappa shape index (κ2) is 2.85. The molecule has 0 saturated heterocycles. The molecule has 0 spiro atoms. The van der Waals surface area contributed by atoms with Crippen molar-refractivity contribution in [2.24, 2.45) is 7.05 Å². The number of alkyl halides is 1. The molecule has 0 aromatic carbocycles. The lowest BCUT2D eigenvalue weighted by molar-refractivity contribution is 0.791. The molecule has 0 aliphatic rings. The fourth-order valence-electron chi connectivity index (χ4n) is 1.20. The molecule has 6 heteroatoms. The lowest BCUT2D eigenvalue weighted by atomic mass is 10.4. The van der Waals surface area contributed by atoms with Crippen molar-refractivity contribution in [3.05, 3.63) is 22.4 Å². The largest absolute Gasteiger partial charge is 0.308 e. The molecule has 13 heavy (non-hydrogen) atoms. The van der Waals surface area contributed by atoms with Crippen LogP contribution in [0.3, 0.4) is 0 Å². The molecule has 68 valence electrons. The Kier molecular flexibility index (Phi) is 1.81. The van der Waals surface area contributed by atoms with Crippen molar-refractivity contribution in [1.82, 2.24) is 19.7 Å². The van der Waals surface area contributed by atoms with Crippen LogP contribution < -0.4 is 5.56 Å². The summed E-state index contributed by atoms with van der Waals surface area (Å²) in [5, 5.41) is 3.92. The van der Waals surface area contributed by atoms with Crippen LogP contribution in [0.4, 0.5) is 0 Å². The number of rotatable bonds is 1. The lowest BCUT2D eigenvalue weighted by Gasteiger charge is -1.95. The number of nitrogens with one attached hydrogen (secondary N) is 1. The van der Waals surface area contributed by atoms with Gasteiger partial charge in [-0.25, -0.2) is 4.98 Å². The molecule has 0 unspecified atom stereocenters. The first-order valence-corrected chi connectivity index (χ1v) is 4.22. The molecule has 2 heterocycles. The average molecular weight is 199 g/mol. The van der Waals surface area contributed by atoms with Gasteiger partial charge in [-0.2, -0.15) is 5.10 Å². The Hall–Kier alpha value is -1.36. The Bertz CT molecular complexity index is 501. The topological polar surface area (TPSA) is 63.6 Å². The van der Waals surface area contributed by atoms with Crippen molar-refractivity contribution in [1.29, 1.82) is 0 Å². The Morgan fingerprint density at radius 3 is 3.15 bits per heavy atom. The van der Waals surface area contributed by atoms with Crippen molar-refractivity contribution in [2.45, 2.75) is 5.88 Å². The highest BCUT2D eigenvalue weighted by Crippen LogP contribution is 2.04. The number of aromatic nitrogens is 4. The highest BCUT2D eigenvalue weighted by atomic mass is 35.5. The number of nitrogens with zero attached hydrogens (tertiary/aromatic N) is 3. The van der Waals surface area contributed by atoms with Crippen molar-refractivity contribution in [3.8, 4) is 0 Å². The molecule has 0 bridgehead atoms. The molecule has 0 saturated carbocycles. The predicted molar refractivity (Wildman–Crippen MR) is 48.7 cm³/mol. The standard InChI is InChI=1S/C7H7ClN4O/c1-12-6-4(3-9-12)10-5(2-8)11-7(6)13/h3H,2H2,1H3,(H,10,11,13). The van der Waals surface area contributed by atoms with E-state index in [1.54, 1.807) is 13.2 Å². The number of aromatic amines is 1. The first-order valence-electron chi connectivity index (χ1n) is 3.69. The number of fused-ring (bicyclic) bond motifs is 1. The van der Waals surface area contributed by atoms with E-state index < -0.39 is 0 Å². The third-order valence-corrected chi connectivity index (χ3v) is 2.03. The monoisotopic (exact) mass is 198 g/mol. The van der Waals surface area contributed by atoms with Gasteiger partial charge >= 0.3 is 0 Å². The van der Waals surface area contributed by atoms with Crippen LogP contribution in [0.1, 0.15) is 5.82 Å². The number of hydrogen-bond donors (Lipinski definition) is 1. The van der Waals surface area contributed by atoms with Gasteiger partial charge in [-0.15, -0.1) is 11.6 Å². The SMILES string of the molecule is Cn1ncc2nc(CCl)[nH]c(=O)c21. The van der Waals surface area contributed by atoms with Crippen molar-refractivity contribution in [2.75, 3.05) is 0 Å². The smallest absolute Gasteiger partial charge is 0.277 e. The Labute approximate surface area is 78.4 Å². The highest BCUT2D eigenvalue weighted by molar-refractivity contribution is 6.16. The maximum absolute atomic E-state index is 11.4. The summed E-state index contributed by atoms with van der Waals surface area (Å²) >= 11 is 5.55. The quantitative estimate of drug-likeness (QED) is 0.675. The van der Waals surface area contributed by atoms with Crippen LogP contribution in [0.25, 0.3) is 11.0 Å². The van der Waals surface area contributed by atoms with Crippen LogP contribution in [-0.2, 0) is 12.9 Å². The van der Waals surface area contributed by atoms with E-state index in [-0.39, 0.29) is 11.4 Å². The summed E-state index contributed by atoms with van der Waals surface area (Å²) in [6, 6.07) is 0. The zero-order valence-corrected chi connectivity index (χ0v) is 7.67. The molecule has 0 amide bonds. The van der Waals surface area contributed by atoms with Gasteiger partial charge in [0.15, 0.2) is 5.52 Å². The first-order chi connectivity index (χ1) is 6.22. The molecule has 1 N–H and O–H groups in total. The second-order valence-corrected chi connectivity index (χ2v) is 2.92. The van der Waals surface area contributed by atoms with E-state index in [0.29, 0.717) is 16.9 Å². The van der Waals surface area contributed by atoms with Gasteiger partial charge < -0.3 is 4.98 Å². The summed E-state index contributed by atoms with van der Waals surface area (Å²) in [7, 11) is 1.69. The number of halogens is 1. The maximum atomic E-state index is 11.4. The van der Waals surface area contributed by atoms with Crippen LogP contribution in [0, 0.1) is 0 Å². The van der Waals surface area contributed by atoms with Crippen molar-refractivity contribution in [3.63, 3.8) is 0 Å². The number of hydrogen-bond acceptors (Lipinski definition) is 3. The molecular weight excluding hydrogens is 192 g/mol. The summed E-state index contributed by atoms with van der Waals surface area (Å²) in [5.74, 6) is 0.659. The van der Waals surface area contributed by atoms with E-state index in [9.17, 15) is 4.79 Å². The zero-order chi connectivity index (χ0) is 9.42. The van der Waals surface area contributed by atoms with Gasteiger partial charge in [-0.1, -0.05) is 0 Å². The summed E-state index contributed by atoms with van der Waals surface area (Å²) < 4.78 is 1.49. The third-order valence-electron chi connectivity index (χ3n) is 1.77. The van der Waals surface area contributed by atoms with E-state index in [1.165, 1.54) is 4.68 Å². The Balaban J connectivity index is 2.87. The van der Waals surface area contributed by atoms with E-state index in [0.717, 1.165) is 0 Å². The first kappa shape index (κ1) is 8.25. The molecular formula is C7H7ClN4O. The lowest BCUT2D eigenvalue weighted by Crippen LogP contribution is -2.13. The van der Waals surface area contributed by atoms with Crippen LogP contribution in [0.5, 0.6) is 0 Å². The molecule has 5 nitrogen and oxygen atoms in total. The van der Waals surface area contributed by atoms with Crippen LogP contribution in [-0.4, -0.2) is 19.7 Å². The number of aryl methyl sites for hydroxylation is 1. The fraction of sp³-hybridized carbons (Fsp3) is 0.286. The minimum absolute atomic E-state index is 0.195.